The molecule has 1 atom stereocenters. The zero-order valence-electron chi connectivity index (χ0n) is 15.3. The molecule has 2 aliphatic heterocycles. The van der Waals surface area contributed by atoms with E-state index in [1.54, 1.807) is 0 Å². The molecule has 0 aromatic heterocycles. The number of fused-ring (bicyclic) bond motifs is 3. The van der Waals surface area contributed by atoms with Crippen LogP contribution in [0.25, 0.3) is 6.08 Å². The van der Waals surface area contributed by atoms with Gasteiger partial charge in [0, 0.05) is 11.1 Å². The zero-order valence-corrected chi connectivity index (χ0v) is 15.3. The first-order valence-corrected chi connectivity index (χ1v) is 8.79. The summed E-state index contributed by atoms with van der Waals surface area (Å²) >= 11 is 0. The summed E-state index contributed by atoms with van der Waals surface area (Å²) in [5, 5.41) is 3.27. The van der Waals surface area contributed by atoms with Crippen molar-refractivity contribution < 1.29 is 4.79 Å². The van der Waals surface area contributed by atoms with Gasteiger partial charge in [-0.15, -0.1) is 0 Å². The van der Waals surface area contributed by atoms with E-state index in [2.05, 4.69) is 92.5 Å². The Balaban J connectivity index is 1.83. The predicted octanol–water partition coefficient (Wildman–Crippen LogP) is 3.94. The molecule has 128 valence electrons. The molecule has 0 saturated carbocycles. The van der Waals surface area contributed by atoms with E-state index in [1.807, 2.05) is 0 Å². The lowest BCUT2D eigenvalue weighted by Gasteiger charge is -2.40. The lowest BCUT2D eigenvalue weighted by Crippen LogP contribution is -2.58. The second kappa shape index (κ2) is 5.22. The van der Waals surface area contributed by atoms with Gasteiger partial charge in [0.1, 0.15) is 5.66 Å². The van der Waals surface area contributed by atoms with Gasteiger partial charge in [0.05, 0.1) is 6.54 Å². The quantitative estimate of drug-likeness (QED) is 0.903. The maximum atomic E-state index is 12.3. The van der Waals surface area contributed by atoms with Crippen LogP contribution in [0.4, 0.5) is 5.69 Å². The minimum absolute atomic E-state index is 0.0767. The Hall–Kier alpha value is -2.55. The smallest absolute Gasteiger partial charge is 0.241 e. The highest BCUT2D eigenvalue weighted by Gasteiger charge is 2.59. The lowest BCUT2D eigenvalue weighted by molar-refractivity contribution is -0.118. The number of carbonyl (C=O) groups excluding carboxylic acids is 1. The molecule has 2 aromatic carbocycles. The van der Waals surface area contributed by atoms with Gasteiger partial charge in [0.25, 0.3) is 0 Å². The van der Waals surface area contributed by atoms with Crippen LogP contribution in [0.5, 0.6) is 0 Å². The van der Waals surface area contributed by atoms with E-state index in [-0.39, 0.29) is 11.3 Å². The Morgan fingerprint density at radius 1 is 1.04 bits per heavy atom. The topological polar surface area (TPSA) is 32.3 Å². The van der Waals surface area contributed by atoms with Gasteiger partial charge >= 0.3 is 0 Å². The van der Waals surface area contributed by atoms with E-state index in [9.17, 15) is 4.79 Å². The minimum atomic E-state index is -0.523. The fraction of sp³-hybridized carbons (Fsp3) is 0.318. The molecule has 1 N–H and O–H groups in total. The van der Waals surface area contributed by atoms with Crippen LogP contribution in [0.2, 0.25) is 0 Å². The fourth-order valence-corrected chi connectivity index (χ4v) is 4.18. The van der Waals surface area contributed by atoms with Crippen molar-refractivity contribution in [3.63, 3.8) is 0 Å². The molecule has 2 aromatic rings. The number of nitrogens with one attached hydrogen (secondary N) is 1. The largest absolute Gasteiger partial charge is 0.335 e. The third-order valence-electron chi connectivity index (χ3n) is 5.72. The molecule has 1 amide bonds. The number of benzene rings is 2. The Morgan fingerprint density at radius 3 is 2.44 bits per heavy atom. The first-order valence-electron chi connectivity index (χ1n) is 8.79. The van der Waals surface area contributed by atoms with Crippen LogP contribution < -0.4 is 10.2 Å². The summed E-state index contributed by atoms with van der Waals surface area (Å²) in [6, 6.07) is 15.0. The molecule has 2 aliphatic rings. The van der Waals surface area contributed by atoms with E-state index in [1.165, 1.54) is 16.7 Å². The molecule has 2 heterocycles. The summed E-state index contributed by atoms with van der Waals surface area (Å²) in [5.74, 6) is 0.0767. The minimum Gasteiger partial charge on any atom is -0.335 e. The first-order chi connectivity index (χ1) is 11.8. The monoisotopic (exact) mass is 332 g/mol. The van der Waals surface area contributed by atoms with Crippen LogP contribution in [-0.2, 0) is 10.2 Å². The van der Waals surface area contributed by atoms with E-state index in [0.717, 1.165) is 11.3 Å². The number of aryl methyl sites for hydroxylation is 2. The predicted molar refractivity (Wildman–Crippen MR) is 103 cm³/mol. The Bertz CT molecular complexity index is 879. The molecule has 0 radical (unpaired) electrons. The summed E-state index contributed by atoms with van der Waals surface area (Å²) in [7, 11) is 0. The molecule has 1 unspecified atom stereocenters. The van der Waals surface area contributed by atoms with Gasteiger partial charge in [-0.25, -0.2) is 0 Å². The number of hydrogen-bond acceptors (Lipinski definition) is 2. The Labute approximate surface area is 149 Å². The van der Waals surface area contributed by atoms with Gasteiger partial charge in [-0.1, -0.05) is 67.4 Å². The van der Waals surface area contributed by atoms with Crippen LogP contribution in [0.1, 0.15) is 36.1 Å². The fourth-order valence-electron chi connectivity index (χ4n) is 4.18. The van der Waals surface area contributed by atoms with Gasteiger partial charge in [-0.2, -0.15) is 0 Å². The average Bonchev–Trinajstić information content (AvgIpc) is 2.99. The number of hydrogen-bond donors (Lipinski definition) is 1. The van der Waals surface area contributed by atoms with Crippen LogP contribution in [0, 0.1) is 13.8 Å². The van der Waals surface area contributed by atoms with Gasteiger partial charge in [0.15, 0.2) is 0 Å². The van der Waals surface area contributed by atoms with Crippen LogP contribution in [0.15, 0.2) is 48.5 Å². The Morgan fingerprint density at radius 2 is 1.72 bits per heavy atom. The highest BCUT2D eigenvalue weighted by atomic mass is 16.2. The van der Waals surface area contributed by atoms with Crippen molar-refractivity contribution in [3.8, 4) is 0 Å². The van der Waals surface area contributed by atoms with Gasteiger partial charge in [-0.05, 0) is 37.1 Å². The standard InChI is InChI=1S/C22H24N2O/c1-15-5-8-17(9-6-15)11-12-22-21(3,4)18-13-16(2)7-10-19(18)24(22)14-20(25)23-22/h5-13H,14H2,1-4H3,(H,23,25)/b12-11+. The molecule has 1 saturated heterocycles. The molecular formula is C22H24N2O. The van der Waals surface area contributed by atoms with Gasteiger partial charge < -0.3 is 10.2 Å². The molecule has 4 rings (SSSR count). The maximum Gasteiger partial charge on any atom is 0.241 e. The highest BCUT2D eigenvalue weighted by Crippen LogP contribution is 2.53. The van der Waals surface area contributed by atoms with E-state index >= 15 is 0 Å². The summed E-state index contributed by atoms with van der Waals surface area (Å²) in [4.78, 5) is 14.5. The normalized spacial score (nSPS) is 23.7. The van der Waals surface area contributed by atoms with Crippen molar-refractivity contribution in [2.45, 2.75) is 38.8 Å². The molecule has 3 heteroatoms. The molecular weight excluding hydrogens is 308 g/mol. The number of rotatable bonds is 2. The molecule has 0 bridgehead atoms. The van der Waals surface area contributed by atoms with Crippen LogP contribution >= 0.6 is 0 Å². The Kier molecular flexibility index (Phi) is 3.33. The van der Waals surface area contributed by atoms with Crippen LogP contribution in [-0.4, -0.2) is 18.1 Å². The number of anilines is 1. The second-order valence-corrected chi connectivity index (χ2v) is 7.79. The van der Waals surface area contributed by atoms with Gasteiger partial charge in [0.2, 0.25) is 5.91 Å². The van der Waals surface area contributed by atoms with Crippen molar-refractivity contribution in [2.75, 3.05) is 11.4 Å². The second-order valence-electron chi connectivity index (χ2n) is 7.79. The lowest BCUT2D eigenvalue weighted by atomic mass is 9.75. The first kappa shape index (κ1) is 15.9. The SMILES string of the molecule is Cc1ccc(/C=C/C23NC(=O)CN2c2ccc(C)cc2C3(C)C)cc1. The van der Waals surface area contributed by atoms with Crippen molar-refractivity contribution >= 4 is 17.7 Å². The molecule has 1 fully saturated rings. The number of amides is 1. The van der Waals surface area contributed by atoms with Gasteiger partial charge in [-0.3, -0.25) is 4.79 Å². The van der Waals surface area contributed by atoms with Crippen molar-refractivity contribution in [3.05, 3.63) is 70.8 Å². The third-order valence-corrected chi connectivity index (χ3v) is 5.72. The summed E-state index contributed by atoms with van der Waals surface area (Å²) in [6.07, 6.45) is 4.29. The van der Waals surface area contributed by atoms with Crippen molar-refractivity contribution in [1.29, 1.82) is 0 Å². The summed E-state index contributed by atoms with van der Waals surface area (Å²) in [5.41, 5.74) is 5.34. The van der Waals surface area contributed by atoms with E-state index < -0.39 is 5.66 Å². The number of carbonyl (C=O) groups is 1. The maximum absolute atomic E-state index is 12.3. The van der Waals surface area contributed by atoms with Crippen molar-refractivity contribution in [1.82, 2.24) is 5.32 Å². The molecule has 25 heavy (non-hydrogen) atoms. The average molecular weight is 332 g/mol. The van der Waals surface area contributed by atoms with E-state index in [4.69, 9.17) is 0 Å². The summed E-state index contributed by atoms with van der Waals surface area (Å²) in [6.45, 7) is 9.04. The zero-order chi connectivity index (χ0) is 17.8. The van der Waals surface area contributed by atoms with E-state index in [0.29, 0.717) is 6.54 Å². The number of nitrogens with zero attached hydrogens (tertiary/aromatic N) is 1. The molecule has 3 nitrogen and oxygen atoms in total. The third kappa shape index (κ3) is 2.22. The molecule has 0 spiro atoms. The van der Waals surface area contributed by atoms with Crippen LogP contribution in [0.3, 0.4) is 0 Å². The summed E-state index contributed by atoms with van der Waals surface area (Å²) < 4.78 is 0. The van der Waals surface area contributed by atoms with Crippen molar-refractivity contribution in [2.24, 2.45) is 0 Å². The highest BCUT2D eigenvalue weighted by molar-refractivity contribution is 5.91. The molecule has 0 aliphatic carbocycles.